The Morgan fingerprint density at radius 3 is 2.62 bits per heavy atom. The normalized spacial score (nSPS) is 14.9. The van der Waals surface area contributed by atoms with Crippen LogP contribution in [0.2, 0.25) is 0 Å². The highest BCUT2D eigenvalue weighted by Gasteiger charge is 2.27. The molecule has 0 saturated heterocycles. The number of amides is 2. The van der Waals surface area contributed by atoms with Crippen LogP contribution in [-0.2, 0) is 19.1 Å². The molecular weight excluding hydrogens is 308 g/mol. The van der Waals surface area contributed by atoms with Gasteiger partial charge in [0.1, 0.15) is 0 Å². The number of esters is 1. The van der Waals surface area contributed by atoms with E-state index in [9.17, 15) is 14.4 Å². The van der Waals surface area contributed by atoms with E-state index in [1.54, 1.807) is 6.08 Å². The maximum absolute atomic E-state index is 11.7. The molecule has 1 fully saturated rings. The standard InChI is InChI=1S/C18H22N2O4/c1-13(18(23)20-15-8-9-15)24-17(22)11-12-19-16(21)10-7-14-5-3-2-4-6-14/h2-7,10,13,15H,8-9,11-12H2,1H3,(H,19,21)(H,20,23)/b10-7+/t13-/m1/s1. The monoisotopic (exact) mass is 330 g/mol. The summed E-state index contributed by atoms with van der Waals surface area (Å²) in [6.07, 6.45) is 4.27. The minimum absolute atomic E-state index is 0.0198. The van der Waals surface area contributed by atoms with Crippen molar-refractivity contribution in [2.24, 2.45) is 0 Å². The predicted octanol–water partition coefficient (Wildman–Crippen LogP) is 1.42. The topological polar surface area (TPSA) is 84.5 Å². The molecule has 0 radical (unpaired) electrons. The summed E-state index contributed by atoms with van der Waals surface area (Å²) in [4.78, 5) is 35.0. The summed E-state index contributed by atoms with van der Waals surface area (Å²) >= 11 is 0. The molecule has 6 heteroatoms. The molecule has 0 bridgehead atoms. The summed E-state index contributed by atoms with van der Waals surface area (Å²) in [5.74, 6) is -1.08. The molecule has 0 unspecified atom stereocenters. The molecule has 2 rings (SSSR count). The third kappa shape index (κ3) is 6.64. The second kappa shape index (κ2) is 8.86. The van der Waals surface area contributed by atoms with Gasteiger partial charge in [0.25, 0.3) is 5.91 Å². The molecule has 1 aliphatic carbocycles. The number of carbonyl (C=O) groups excluding carboxylic acids is 3. The molecular formula is C18H22N2O4. The van der Waals surface area contributed by atoms with Crippen LogP contribution in [0.25, 0.3) is 6.08 Å². The first-order chi connectivity index (χ1) is 11.5. The minimum Gasteiger partial charge on any atom is -0.452 e. The number of hydrogen-bond donors (Lipinski definition) is 2. The molecule has 6 nitrogen and oxygen atoms in total. The number of benzene rings is 1. The van der Waals surface area contributed by atoms with E-state index in [0.29, 0.717) is 0 Å². The molecule has 1 atom stereocenters. The van der Waals surface area contributed by atoms with E-state index in [0.717, 1.165) is 18.4 Å². The lowest BCUT2D eigenvalue weighted by atomic mass is 10.2. The summed E-state index contributed by atoms with van der Waals surface area (Å²) < 4.78 is 5.03. The summed E-state index contributed by atoms with van der Waals surface area (Å²) in [5, 5.41) is 5.37. The van der Waals surface area contributed by atoms with Gasteiger partial charge < -0.3 is 15.4 Å². The molecule has 1 saturated carbocycles. The van der Waals surface area contributed by atoms with Gasteiger partial charge in [0.2, 0.25) is 5.91 Å². The Balaban J connectivity index is 1.61. The lowest BCUT2D eigenvalue weighted by molar-refractivity contribution is -0.154. The Morgan fingerprint density at radius 2 is 1.96 bits per heavy atom. The summed E-state index contributed by atoms with van der Waals surface area (Å²) in [7, 11) is 0. The highest BCUT2D eigenvalue weighted by molar-refractivity contribution is 5.92. The average Bonchev–Trinajstić information content (AvgIpc) is 3.37. The van der Waals surface area contributed by atoms with Crippen LogP contribution in [0.1, 0.15) is 31.7 Å². The Morgan fingerprint density at radius 1 is 1.25 bits per heavy atom. The first-order valence-corrected chi connectivity index (χ1v) is 8.05. The highest BCUT2D eigenvalue weighted by Crippen LogP contribution is 2.18. The van der Waals surface area contributed by atoms with E-state index >= 15 is 0 Å². The highest BCUT2D eigenvalue weighted by atomic mass is 16.5. The number of rotatable bonds is 8. The lowest BCUT2D eigenvalue weighted by Gasteiger charge is -2.13. The summed E-state index contributed by atoms with van der Waals surface area (Å²) in [6, 6.07) is 9.66. The van der Waals surface area contributed by atoms with Crippen LogP contribution in [0.4, 0.5) is 0 Å². The van der Waals surface area contributed by atoms with Crippen molar-refractivity contribution in [1.82, 2.24) is 10.6 Å². The van der Waals surface area contributed by atoms with E-state index in [-0.39, 0.29) is 30.8 Å². The predicted molar refractivity (Wildman–Crippen MR) is 89.8 cm³/mol. The average molecular weight is 330 g/mol. The van der Waals surface area contributed by atoms with E-state index in [1.165, 1.54) is 13.0 Å². The van der Waals surface area contributed by atoms with Crippen molar-refractivity contribution in [3.63, 3.8) is 0 Å². The van der Waals surface area contributed by atoms with E-state index < -0.39 is 12.1 Å². The van der Waals surface area contributed by atoms with E-state index in [4.69, 9.17) is 4.74 Å². The smallest absolute Gasteiger partial charge is 0.308 e. The van der Waals surface area contributed by atoms with Crippen LogP contribution in [0.5, 0.6) is 0 Å². The molecule has 1 aromatic carbocycles. The Hall–Kier alpha value is -2.63. The third-order valence-electron chi connectivity index (χ3n) is 3.46. The van der Waals surface area contributed by atoms with Crippen LogP contribution < -0.4 is 10.6 Å². The van der Waals surface area contributed by atoms with Crippen molar-refractivity contribution in [3.8, 4) is 0 Å². The molecule has 1 aromatic rings. The van der Waals surface area contributed by atoms with Gasteiger partial charge in [-0.3, -0.25) is 14.4 Å². The van der Waals surface area contributed by atoms with Crippen LogP contribution in [0.15, 0.2) is 36.4 Å². The molecule has 2 N–H and O–H groups in total. The minimum atomic E-state index is -0.813. The number of hydrogen-bond acceptors (Lipinski definition) is 4. The largest absolute Gasteiger partial charge is 0.452 e. The van der Waals surface area contributed by atoms with Gasteiger partial charge in [0.15, 0.2) is 6.10 Å². The van der Waals surface area contributed by atoms with Gasteiger partial charge in [0.05, 0.1) is 6.42 Å². The molecule has 128 valence electrons. The second-order valence-corrected chi connectivity index (χ2v) is 5.70. The molecule has 1 aliphatic rings. The zero-order chi connectivity index (χ0) is 17.4. The van der Waals surface area contributed by atoms with Crippen molar-refractivity contribution in [1.29, 1.82) is 0 Å². The van der Waals surface area contributed by atoms with Crippen LogP contribution in [-0.4, -0.2) is 36.5 Å². The van der Waals surface area contributed by atoms with Crippen LogP contribution in [0, 0.1) is 0 Å². The molecule has 0 aliphatic heterocycles. The van der Waals surface area contributed by atoms with Gasteiger partial charge in [-0.2, -0.15) is 0 Å². The van der Waals surface area contributed by atoms with E-state index in [2.05, 4.69) is 10.6 Å². The molecule has 0 aromatic heterocycles. The summed E-state index contributed by atoms with van der Waals surface area (Å²) in [5.41, 5.74) is 0.919. The zero-order valence-electron chi connectivity index (χ0n) is 13.7. The number of nitrogens with one attached hydrogen (secondary N) is 2. The lowest BCUT2D eigenvalue weighted by Crippen LogP contribution is -2.37. The quantitative estimate of drug-likeness (QED) is 0.558. The molecule has 0 heterocycles. The maximum Gasteiger partial charge on any atom is 0.308 e. The Bertz CT molecular complexity index is 609. The van der Waals surface area contributed by atoms with Crippen LogP contribution in [0.3, 0.4) is 0 Å². The van der Waals surface area contributed by atoms with E-state index in [1.807, 2.05) is 30.3 Å². The molecule has 2 amide bonds. The first-order valence-electron chi connectivity index (χ1n) is 8.05. The SMILES string of the molecule is C[C@@H](OC(=O)CCNC(=O)/C=C/c1ccccc1)C(=O)NC1CC1. The first kappa shape index (κ1) is 17.7. The van der Waals surface area contributed by atoms with Gasteiger partial charge in [0, 0.05) is 18.7 Å². The number of carbonyl (C=O) groups is 3. The second-order valence-electron chi connectivity index (χ2n) is 5.70. The third-order valence-corrected chi connectivity index (χ3v) is 3.46. The van der Waals surface area contributed by atoms with Crippen molar-refractivity contribution >= 4 is 23.9 Å². The van der Waals surface area contributed by atoms with Gasteiger partial charge >= 0.3 is 5.97 Å². The van der Waals surface area contributed by atoms with Crippen molar-refractivity contribution < 1.29 is 19.1 Å². The summed E-state index contributed by atoms with van der Waals surface area (Å²) in [6.45, 7) is 1.70. The van der Waals surface area contributed by atoms with Gasteiger partial charge in [-0.25, -0.2) is 0 Å². The van der Waals surface area contributed by atoms with Gasteiger partial charge in [-0.15, -0.1) is 0 Å². The fraction of sp³-hybridized carbons (Fsp3) is 0.389. The number of ether oxygens (including phenoxy) is 1. The van der Waals surface area contributed by atoms with Crippen molar-refractivity contribution in [2.45, 2.75) is 38.3 Å². The zero-order valence-corrected chi connectivity index (χ0v) is 13.7. The fourth-order valence-electron chi connectivity index (χ4n) is 1.94. The van der Waals surface area contributed by atoms with Crippen molar-refractivity contribution in [2.75, 3.05) is 6.54 Å². The maximum atomic E-state index is 11.7. The van der Waals surface area contributed by atoms with Gasteiger partial charge in [-0.1, -0.05) is 30.3 Å². The molecule has 24 heavy (non-hydrogen) atoms. The Kier molecular flexibility index (Phi) is 6.54. The Labute approximate surface area is 141 Å². The fourth-order valence-corrected chi connectivity index (χ4v) is 1.94. The molecule has 0 spiro atoms. The van der Waals surface area contributed by atoms with Gasteiger partial charge in [-0.05, 0) is 31.4 Å². The van der Waals surface area contributed by atoms with Crippen molar-refractivity contribution in [3.05, 3.63) is 42.0 Å². The van der Waals surface area contributed by atoms with Crippen LogP contribution >= 0.6 is 0 Å².